The van der Waals surface area contributed by atoms with E-state index < -0.39 is 6.09 Å². The van der Waals surface area contributed by atoms with Gasteiger partial charge in [0.15, 0.2) is 0 Å². The molecule has 78 valence electrons. The number of nitrogens with zero attached hydrogens (tertiary/aromatic N) is 1. The molecule has 0 aliphatic carbocycles. The lowest BCUT2D eigenvalue weighted by Gasteiger charge is -2.51. The Morgan fingerprint density at radius 1 is 1.36 bits per heavy atom. The predicted octanol–water partition coefficient (Wildman–Crippen LogP) is -0.0352. The van der Waals surface area contributed by atoms with Crippen molar-refractivity contribution >= 4 is 12.6 Å². The fourth-order valence-electron chi connectivity index (χ4n) is 2.28. The molecule has 0 aromatic carbocycles. The Hall–Kier alpha value is -1.10. The highest BCUT2D eigenvalue weighted by Gasteiger charge is 2.45. The Balaban J connectivity index is 1.82. The number of piperidine rings is 1. The van der Waals surface area contributed by atoms with E-state index in [1.165, 1.54) is 0 Å². The standard InChI is InChI=1S/C9H14N2O3/c12-7-14-8(13)11-5-9(6-11)1-3-10-4-2-9/h7,10H,1-6H2. The largest absolute Gasteiger partial charge is 0.417 e. The minimum absolute atomic E-state index is 0.190. The Labute approximate surface area is 82.4 Å². The van der Waals surface area contributed by atoms with Gasteiger partial charge in [-0.2, -0.15) is 0 Å². The number of likely N-dealkylation sites (tertiary alicyclic amines) is 1. The number of nitrogens with one attached hydrogen (secondary N) is 1. The molecule has 0 atom stereocenters. The zero-order chi connectivity index (χ0) is 10.0. The van der Waals surface area contributed by atoms with Crippen molar-refractivity contribution in [1.82, 2.24) is 10.2 Å². The van der Waals surface area contributed by atoms with Crippen molar-refractivity contribution in [2.24, 2.45) is 5.41 Å². The van der Waals surface area contributed by atoms with Gasteiger partial charge in [0.25, 0.3) is 0 Å². The first-order chi connectivity index (χ1) is 6.76. The molecule has 2 rings (SSSR count). The van der Waals surface area contributed by atoms with Crippen LogP contribution in [0.5, 0.6) is 0 Å². The Kier molecular flexibility index (Phi) is 2.41. The fourth-order valence-corrected chi connectivity index (χ4v) is 2.28. The maximum atomic E-state index is 11.1. The third-order valence-electron chi connectivity index (χ3n) is 3.12. The van der Waals surface area contributed by atoms with Gasteiger partial charge < -0.3 is 15.0 Å². The van der Waals surface area contributed by atoms with Gasteiger partial charge >= 0.3 is 12.6 Å². The highest BCUT2D eigenvalue weighted by atomic mass is 16.6. The van der Waals surface area contributed by atoms with Crippen molar-refractivity contribution < 1.29 is 14.3 Å². The van der Waals surface area contributed by atoms with Crippen molar-refractivity contribution in [3.8, 4) is 0 Å². The molecule has 2 fully saturated rings. The first kappa shape index (κ1) is 9.45. The molecule has 2 aliphatic rings. The van der Waals surface area contributed by atoms with Crippen LogP contribution < -0.4 is 5.32 Å². The summed E-state index contributed by atoms with van der Waals surface area (Å²) in [6.45, 7) is 3.71. The minimum Gasteiger partial charge on any atom is -0.379 e. The molecule has 14 heavy (non-hydrogen) atoms. The fraction of sp³-hybridized carbons (Fsp3) is 0.778. The maximum absolute atomic E-state index is 11.1. The van der Waals surface area contributed by atoms with E-state index in [-0.39, 0.29) is 6.47 Å². The molecule has 1 amide bonds. The van der Waals surface area contributed by atoms with E-state index in [9.17, 15) is 9.59 Å². The quantitative estimate of drug-likeness (QED) is 0.474. The molecule has 1 spiro atoms. The summed E-state index contributed by atoms with van der Waals surface area (Å²) in [5.74, 6) is 0. The lowest BCUT2D eigenvalue weighted by Crippen LogP contribution is -2.61. The zero-order valence-electron chi connectivity index (χ0n) is 7.99. The molecule has 2 heterocycles. The third kappa shape index (κ3) is 1.59. The van der Waals surface area contributed by atoms with Crippen molar-refractivity contribution in [2.75, 3.05) is 26.2 Å². The van der Waals surface area contributed by atoms with Crippen molar-refractivity contribution in [3.05, 3.63) is 0 Å². The van der Waals surface area contributed by atoms with Crippen molar-refractivity contribution in [3.63, 3.8) is 0 Å². The summed E-state index contributed by atoms with van der Waals surface area (Å²) in [5, 5.41) is 3.29. The summed E-state index contributed by atoms with van der Waals surface area (Å²) in [7, 11) is 0. The van der Waals surface area contributed by atoms with Crippen LogP contribution in [-0.4, -0.2) is 43.6 Å². The molecule has 0 aromatic heterocycles. The molecule has 5 heteroatoms. The van der Waals surface area contributed by atoms with Gasteiger partial charge in [-0.15, -0.1) is 0 Å². The van der Waals surface area contributed by atoms with Crippen molar-refractivity contribution in [1.29, 1.82) is 0 Å². The summed E-state index contributed by atoms with van der Waals surface area (Å²) >= 11 is 0. The van der Waals surface area contributed by atoms with Gasteiger partial charge in [-0.05, 0) is 25.9 Å². The topological polar surface area (TPSA) is 58.6 Å². The van der Waals surface area contributed by atoms with E-state index in [1.807, 2.05) is 0 Å². The first-order valence-electron chi connectivity index (χ1n) is 4.86. The molecule has 0 radical (unpaired) electrons. The van der Waals surface area contributed by atoms with E-state index in [0.717, 1.165) is 39.0 Å². The number of ether oxygens (including phenoxy) is 1. The van der Waals surface area contributed by atoms with E-state index in [2.05, 4.69) is 10.1 Å². The summed E-state index contributed by atoms with van der Waals surface area (Å²) in [6, 6.07) is 0. The van der Waals surface area contributed by atoms with Crippen LogP contribution >= 0.6 is 0 Å². The summed E-state index contributed by atoms with van der Waals surface area (Å²) in [4.78, 5) is 22.6. The Bertz CT molecular complexity index is 240. The van der Waals surface area contributed by atoms with Gasteiger partial charge in [-0.3, -0.25) is 4.79 Å². The second-order valence-corrected chi connectivity index (χ2v) is 4.09. The van der Waals surface area contributed by atoms with Crippen LogP contribution in [0.25, 0.3) is 0 Å². The van der Waals surface area contributed by atoms with Gasteiger partial charge in [0, 0.05) is 18.5 Å². The second-order valence-electron chi connectivity index (χ2n) is 4.09. The van der Waals surface area contributed by atoms with E-state index in [1.54, 1.807) is 4.90 Å². The van der Waals surface area contributed by atoms with E-state index in [0.29, 0.717) is 5.41 Å². The molecule has 5 nitrogen and oxygen atoms in total. The van der Waals surface area contributed by atoms with E-state index in [4.69, 9.17) is 0 Å². The number of rotatable bonds is 1. The molecular formula is C9H14N2O3. The lowest BCUT2D eigenvalue weighted by molar-refractivity contribution is -0.126. The minimum atomic E-state index is -0.510. The molecule has 0 unspecified atom stereocenters. The first-order valence-corrected chi connectivity index (χ1v) is 4.86. The second kappa shape index (κ2) is 3.57. The predicted molar refractivity (Wildman–Crippen MR) is 48.7 cm³/mol. The van der Waals surface area contributed by atoms with Gasteiger partial charge in [0.05, 0.1) is 0 Å². The molecular weight excluding hydrogens is 184 g/mol. The van der Waals surface area contributed by atoms with Gasteiger partial charge in [0.2, 0.25) is 0 Å². The highest BCUT2D eigenvalue weighted by molar-refractivity contribution is 5.75. The lowest BCUT2D eigenvalue weighted by atomic mass is 9.73. The normalized spacial score (nSPS) is 24.1. The van der Waals surface area contributed by atoms with Gasteiger partial charge in [-0.1, -0.05) is 0 Å². The zero-order valence-corrected chi connectivity index (χ0v) is 7.99. The van der Waals surface area contributed by atoms with Crippen LogP contribution in [0.1, 0.15) is 12.8 Å². The average Bonchev–Trinajstić information content (AvgIpc) is 2.16. The van der Waals surface area contributed by atoms with Crippen LogP contribution in [0.3, 0.4) is 0 Å². The molecule has 0 aromatic rings. The Morgan fingerprint density at radius 3 is 2.57 bits per heavy atom. The van der Waals surface area contributed by atoms with Gasteiger partial charge in [0.1, 0.15) is 0 Å². The number of carbonyl (C=O) groups is 2. The average molecular weight is 198 g/mol. The highest BCUT2D eigenvalue weighted by Crippen LogP contribution is 2.38. The maximum Gasteiger partial charge on any atom is 0.417 e. The number of hydrogen-bond donors (Lipinski definition) is 1. The van der Waals surface area contributed by atoms with Gasteiger partial charge in [-0.25, -0.2) is 4.79 Å². The SMILES string of the molecule is O=COC(=O)N1CC2(CCNCC2)C1. The summed E-state index contributed by atoms with van der Waals surface area (Å²) in [5.41, 5.74) is 0.299. The van der Waals surface area contributed by atoms with Crippen LogP contribution in [0.2, 0.25) is 0 Å². The van der Waals surface area contributed by atoms with Crippen LogP contribution in [0.15, 0.2) is 0 Å². The molecule has 1 N–H and O–H groups in total. The van der Waals surface area contributed by atoms with E-state index >= 15 is 0 Å². The van der Waals surface area contributed by atoms with Crippen LogP contribution in [-0.2, 0) is 9.53 Å². The molecule has 0 bridgehead atoms. The molecule has 0 saturated carbocycles. The number of amides is 1. The monoisotopic (exact) mass is 198 g/mol. The van der Waals surface area contributed by atoms with Crippen LogP contribution in [0.4, 0.5) is 4.79 Å². The Morgan fingerprint density at radius 2 is 2.00 bits per heavy atom. The van der Waals surface area contributed by atoms with Crippen LogP contribution in [0, 0.1) is 5.41 Å². The number of carbonyl (C=O) groups excluding carboxylic acids is 2. The summed E-state index contributed by atoms with van der Waals surface area (Å²) in [6.07, 6.45) is 1.71. The molecule has 2 saturated heterocycles. The summed E-state index contributed by atoms with van der Waals surface area (Å²) < 4.78 is 4.27. The molecule has 2 aliphatic heterocycles. The van der Waals surface area contributed by atoms with Crippen molar-refractivity contribution in [2.45, 2.75) is 12.8 Å². The number of hydrogen-bond acceptors (Lipinski definition) is 4. The third-order valence-corrected chi connectivity index (χ3v) is 3.12. The smallest absolute Gasteiger partial charge is 0.379 e.